The predicted molar refractivity (Wildman–Crippen MR) is 215 cm³/mol. The minimum atomic E-state index is -3.74. The highest BCUT2D eigenvalue weighted by Crippen LogP contribution is 2.47. The van der Waals surface area contributed by atoms with Crippen LogP contribution in [0.4, 0.5) is 11.4 Å². The Balaban J connectivity index is 1.45. The molecule has 0 fully saturated rings. The molecular weight excluding hydrogens is 701 g/mol. The van der Waals surface area contributed by atoms with E-state index in [9.17, 15) is 13.2 Å². The van der Waals surface area contributed by atoms with Crippen molar-refractivity contribution >= 4 is 38.9 Å². The number of fused-ring (bicyclic) bond motifs is 1. The first-order valence-electron chi connectivity index (χ1n) is 18.1. The molecule has 7 nitrogen and oxygen atoms in total. The molecule has 0 amide bonds. The Hall–Kier alpha value is -4.57. The third-order valence-electron chi connectivity index (χ3n) is 10.4. The molecule has 53 heavy (non-hydrogen) atoms. The molecule has 276 valence electrons. The van der Waals surface area contributed by atoms with Gasteiger partial charge in [-0.3, -0.25) is 10.1 Å². The number of rotatable bonds is 14. The Labute approximate surface area is 318 Å². The van der Waals surface area contributed by atoms with Gasteiger partial charge in [0, 0.05) is 23.7 Å². The predicted octanol–water partition coefficient (Wildman–Crippen LogP) is 9.03. The third kappa shape index (κ3) is 7.88. The number of ether oxygens (including phenoxy) is 2. The summed E-state index contributed by atoms with van der Waals surface area (Å²) in [4.78, 5) is 16.9. The average Bonchev–Trinajstić information content (AvgIpc) is 3.30. The number of nitrogens with zero attached hydrogens (tertiary/aromatic N) is 1. The molecule has 1 N–H and O–H groups in total. The summed E-state index contributed by atoms with van der Waals surface area (Å²) in [6.07, 6.45) is 4.35. The summed E-state index contributed by atoms with van der Waals surface area (Å²) >= 11 is 1.47. The molecule has 2 atom stereocenters. The van der Waals surface area contributed by atoms with E-state index in [1.807, 2.05) is 134 Å². The lowest BCUT2D eigenvalue weighted by atomic mass is 9.76. The van der Waals surface area contributed by atoms with Gasteiger partial charge >= 0.3 is 5.97 Å². The monoisotopic (exact) mass is 748 g/mol. The van der Waals surface area contributed by atoms with Gasteiger partial charge in [-0.05, 0) is 54.0 Å². The van der Waals surface area contributed by atoms with Gasteiger partial charge in [-0.1, -0.05) is 129 Å². The van der Waals surface area contributed by atoms with E-state index in [2.05, 4.69) is 24.1 Å². The third-order valence-corrected chi connectivity index (χ3v) is 13.1. The zero-order valence-electron chi connectivity index (χ0n) is 30.8. The zero-order chi connectivity index (χ0) is 37.5. The molecule has 5 aromatic carbocycles. The van der Waals surface area contributed by atoms with E-state index in [-0.39, 0.29) is 17.3 Å². The number of nitrogens with one attached hydrogen (secondary N) is 1. The molecule has 0 bridgehead atoms. The maximum atomic E-state index is 14.4. The van der Waals surface area contributed by atoms with Gasteiger partial charge in [0.15, 0.2) is 9.84 Å². The van der Waals surface area contributed by atoms with E-state index < -0.39 is 32.8 Å². The van der Waals surface area contributed by atoms with Gasteiger partial charge in [0.25, 0.3) is 0 Å². The van der Waals surface area contributed by atoms with Gasteiger partial charge in [0.2, 0.25) is 0 Å². The van der Waals surface area contributed by atoms with Crippen LogP contribution in [0.5, 0.6) is 5.75 Å². The lowest BCUT2D eigenvalue weighted by Crippen LogP contribution is -2.55. The largest absolute Gasteiger partial charge is 0.490 e. The van der Waals surface area contributed by atoms with Crippen LogP contribution in [0.15, 0.2) is 143 Å². The van der Waals surface area contributed by atoms with Crippen LogP contribution in [0.25, 0.3) is 0 Å². The molecule has 9 heteroatoms. The van der Waals surface area contributed by atoms with Crippen molar-refractivity contribution in [2.75, 3.05) is 37.2 Å². The van der Waals surface area contributed by atoms with Crippen LogP contribution < -0.4 is 15.0 Å². The second-order valence-corrected chi connectivity index (χ2v) is 16.4. The van der Waals surface area contributed by atoms with E-state index in [0.29, 0.717) is 18.0 Å². The van der Waals surface area contributed by atoms with Crippen LogP contribution in [0.3, 0.4) is 0 Å². The first kappa shape index (κ1) is 38.2. The summed E-state index contributed by atoms with van der Waals surface area (Å²) in [6.45, 7) is 4.66. The average molecular weight is 749 g/mol. The normalized spacial score (nSPS) is 17.3. The SMILES string of the molecule is CCCC1(CC)CN(c2ccccc2)c2cc(SC)c(OCC(NC(c3ccccc3)(c3ccccc3)c3ccccc3)C(=O)OC)cc2S(=O)(=O)C1. The van der Waals surface area contributed by atoms with Crippen LogP contribution in [0, 0.1) is 5.41 Å². The first-order chi connectivity index (χ1) is 25.7. The maximum absolute atomic E-state index is 14.4. The zero-order valence-corrected chi connectivity index (χ0v) is 32.5. The molecule has 1 aliphatic rings. The van der Waals surface area contributed by atoms with Gasteiger partial charge in [0.05, 0.1) is 33.9 Å². The molecule has 6 rings (SSSR count). The highest BCUT2D eigenvalue weighted by molar-refractivity contribution is 7.98. The van der Waals surface area contributed by atoms with E-state index in [4.69, 9.17) is 9.47 Å². The fourth-order valence-electron chi connectivity index (χ4n) is 7.68. The Morgan fingerprint density at radius 1 is 0.849 bits per heavy atom. The van der Waals surface area contributed by atoms with Crippen LogP contribution in [-0.2, 0) is 24.9 Å². The number of hydrogen-bond acceptors (Lipinski definition) is 8. The number of carbonyl (C=O) groups is 1. The van der Waals surface area contributed by atoms with Crippen molar-refractivity contribution in [3.8, 4) is 5.75 Å². The molecule has 1 aliphatic heterocycles. The van der Waals surface area contributed by atoms with E-state index in [0.717, 1.165) is 46.5 Å². The fourth-order valence-corrected chi connectivity index (χ4v) is 10.4. The number of hydrogen-bond donors (Lipinski definition) is 1. The van der Waals surface area contributed by atoms with E-state index >= 15 is 0 Å². The molecule has 0 aromatic heterocycles. The molecular formula is C44H48N2O5S2. The fraction of sp³-hybridized carbons (Fsp3) is 0.295. The number of carbonyl (C=O) groups excluding carboxylic acids is 1. The Kier molecular flexibility index (Phi) is 12.0. The lowest BCUT2D eigenvalue weighted by Gasteiger charge is -2.39. The highest BCUT2D eigenvalue weighted by Gasteiger charge is 2.43. The van der Waals surface area contributed by atoms with Gasteiger partial charge in [-0.2, -0.15) is 0 Å². The molecule has 2 unspecified atom stereocenters. The number of sulfone groups is 1. The van der Waals surface area contributed by atoms with Crippen molar-refractivity contribution in [3.05, 3.63) is 150 Å². The summed E-state index contributed by atoms with van der Waals surface area (Å²) in [5.41, 5.74) is 2.97. The van der Waals surface area contributed by atoms with Crippen LogP contribution >= 0.6 is 11.8 Å². The lowest BCUT2D eigenvalue weighted by molar-refractivity contribution is -0.144. The topological polar surface area (TPSA) is 84.9 Å². The van der Waals surface area contributed by atoms with Crippen LogP contribution in [0.2, 0.25) is 0 Å². The van der Waals surface area contributed by atoms with Gasteiger partial charge in [0.1, 0.15) is 18.4 Å². The van der Waals surface area contributed by atoms with Crippen molar-refractivity contribution in [2.45, 2.75) is 54.5 Å². The van der Waals surface area contributed by atoms with Crippen molar-refractivity contribution in [2.24, 2.45) is 5.41 Å². The minimum Gasteiger partial charge on any atom is -0.490 e. The standard InChI is InChI=1S/C44H48N2O5S2/c1-5-27-43(6-2)31-46(36-25-17-10-18-26-36)38-28-40(52-4)39(29-41(38)53(48,49)32-43)51-30-37(42(47)50-3)45-44(33-19-11-7-12-20-33,34-21-13-8-14-22-34)35-23-15-9-16-24-35/h7-26,28-29,37,45H,5-6,27,30-32H2,1-4H3. The summed E-state index contributed by atoms with van der Waals surface area (Å²) < 4.78 is 40.8. The second-order valence-electron chi connectivity index (χ2n) is 13.6. The quantitative estimate of drug-likeness (QED) is 0.0685. The molecule has 1 heterocycles. The summed E-state index contributed by atoms with van der Waals surface area (Å²) in [7, 11) is -2.38. The molecule has 0 saturated carbocycles. The van der Waals surface area contributed by atoms with Crippen LogP contribution in [0.1, 0.15) is 49.8 Å². The number of methoxy groups -OCH3 is 1. The van der Waals surface area contributed by atoms with Gasteiger partial charge in [-0.25, -0.2) is 8.42 Å². The van der Waals surface area contributed by atoms with Gasteiger partial charge < -0.3 is 14.4 Å². The Bertz CT molecular complexity index is 1980. The highest BCUT2D eigenvalue weighted by atomic mass is 32.2. The Morgan fingerprint density at radius 2 is 1.38 bits per heavy atom. The van der Waals surface area contributed by atoms with E-state index in [1.165, 1.54) is 18.9 Å². The van der Waals surface area contributed by atoms with Crippen molar-refractivity contribution < 1.29 is 22.7 Å². The van der Waals surface area contributed by atoms with Crippen molar-refractivity contribution in [1.82, 2.24) is 5.32 Å². The van der Waals surface area contributed by atoms with Crippen LogP contribution in [-0.4, -0.2) is 52.7 Å². The number of para-hydroxylation sites is 1. The summed E-state index contributed by atoms with van der Waals surface area (Å²) in [6, 6.07) is 42.7. The molecule has 5 aromatic rings. The van der Waals surface area contributed by atoms with Gasteiger partial charge in [-0.15, -0.1) is 11.8 Å². The molecule has 0 spiro atoms. The second kappa shape index (κ2) is 16.6. The molecule has 0 aliphatic carbocycles. The smallest absolute Gasteiger partial charge is 0.326 e. The van der Waals surface area contributed by atoms with Crippen molar-refractivity contribution in [1.29, 1.82) is 0 Å². The maximum Gasteiger partial charge on any atom is 0.326 e. The molecule has 0 radical (unpaired) electrons. The number of benzene rings is 5. The summed E-state index contributed by atoms with van der Waals surface area (Å²) in [5.74, 6) is -0.0701. The number of thioether (sulfide) groups is 1. The summed E-state index contributed by atoms with van der Waals surface area (Å²) in [5, 5.41) is 3.69. The van der Waals surface area contributed by atoms with E-state index in [1.54, 1.807) is 6.07 Å². The number of anilines is 2. The minimum absolute atomic E-state index is 0.0405. The number of esters is 1. The van der Waals surface area contributed by atoms with Crippen molar-refractivity contribution in [3.63, 3.8) is 0 Å². The first-order valence-corrected chi connectivity index (χ1v) is 21.0. The molecule has 0 saturated heterocycles. The Morgan fingerprint density at radius 3 is 1.85 bits per heavy atom.